The van der Waals surface area contributed by atoms with Gasteiger partial charge in [0.15, 0.2) is 0 Å². The first kappa shape index (κ1) is 12.9. The minimum absolute atomic E-state index is 0.248. The first-order chi connectivity index (χ1) is 7.51. The van der Waals surface area contributed by atoms with Crippen molar-refractivity contribution in [2.45, 2.75) is 26.5 Å². The Bertz CT molecular complexity index is 390. The standard InChI is InChI=1S/C14H17NS/c1-14(2,3)8-9-16-11-13-6-4-12(10-15)5-7-13/h4-9H,11H2,1-3H3/b9-8+. The number of thioether (sulfide) groups is 1. The van der Waals surface area contributed by atoms with Crippen molar-refractivity contribution in [1.29, 1.82) is 5.26 Å². The molecule has 0 saturated heterocycles. The van der Waals surface area contributed by atoms with Crippen LogP contribution < -0.4 is 0 Å². The number of nitriles is 1. The Hall–Kier alpha value is -1.20. The van der Waals surface area contributed by atoms with Crippen LogP contribution in [0.5, 0.6) is 0 Å². The predicted octanol–water partition coefficient (Wildman–Crippen LogP) is 4.35. The molecule has 1 aromatic carbocycles. The molecule has 0 bridgehead atoms. The lowest BCUT2D eigenvalue weighted by Gasteiger charge is -2.10. The molecular formula is C14H17NS. The molecular weight excluding hydrogens is 214 g/mol. The van der Waals surface area contributed by atoms with Crippen molar-refractivity contribution in [3.05, 3.63) is 46.9 Å². The van der Waals surface area contributed by atoms with Crippen molar-refractivity contribution < 1.29 is 0 Å². The number of allylic oxidation sites excluding steroid dienone is 1. The molecule has 0 aliphatic rings. The molecule has 0 spiro atoms. The van der Waals surface area contributed by atoms with Gasteiger partial charge in [0.2, 0.25) is 0 Å². The average molecular weight is 231 g/mol. The topological polar surface area (TPSA) is 23.8 Å². The molecule has 0 aliphatic heterocycles. The Kier molecular flexibility index (Phi) is 4.64. The Morgan fingerprint density at radius 2 is 1.88 bits per heavy atom. The normalized spacial score (nSPS) is 11.6. The number of nitrogens with zero attached hydrogens (tertiary/aromatic N) is 1. The van der Waals surface area contributed by atoms with Crippen LogP contribution in [-0.4, -0.2) is 0 Å². The lowest BCUT2D eigenvalue weighted by atomic mass is 9.98. The van der Waals surface area contributed by atoms with Gasteiger partial charge < -0.3 is 0 Å². The summed E-state index contributed by atoms with van der Waals surface area (Å²) in [5, 5.41) is 10.8. The highest BCUT2D eigenvalue weighted by Crippen LogP contribution is 2.20. The van der Waals surface area contributed by atoms with E-state index in [2.05, 4.69) is 38.3 Å². The first-order valence-electron chi connectivity index (χ1n) is 5.29. The highest BCUT2D eigenvalue weighted by Gasteiger charge is 2.02. The molecule has 0 amide bonds. The molecule has 1 aromatic rings. The summed E-state index contributed by atoms with van der Waals surface area (Å²) < 4.78 is 0. The van der Waals surface area contributed by atoms with Crippen molar-refractivity contribution >= 4 is 11.8 Å². The first-order valence-corrected chi connectivity index (χ1v) is 6.34. The van der Waals surface area contributed by atoms with Gasteiger partial charge in [0.1, 0.15) is 0 Å². The van der Waals surface area contributed by atoms with Crippen molar-refractivity contribution in [1.82, 2.24) is 0 Å². The van der Waals surface area contributed by atoms with Gasteiger partial charge in [-0.1, -0.05) is 39.0 Å². The maximum atomic E-state index is 8.67. The van der Waals surface area contributed by atoms with Gasteiger partial charge in [-0.3, -0.25) is 0 Å². The van der Waals surface area contributed by atoms with E-state index in [9.17, 15) is 0 Å². The van der Waals surface area contributed by atoms with E-state index in [4.69, 9.17) is 5.26 Å². The molecule has 0 saturated carbocycles. The van der Waals surface area contributed by atoms with E-state index in [1.54, 1.807) is 11.8 Å². The molecule has 0 atom stereocenters. The molecule has 2 heteroatoms. The van der Waals surface area contributed by atoms with Crippen LogP contribution in [0.2, 0.25) is 0 Å². The highest BCUT2D eigenvalue weighted by molar-refractivity contribution is 8.01. The Labute approximate surface area is 102 Å². The second-order valence-corrected chi connectivity index (χ2v) is 5.68. The zero-order valence-corrected chi connectivity index (χ0v) is 10.8. The summed E-state index contributed by atoms with van der Waals surface area (Å²) in [5.74, 6) is 0.957. The van der Waals surface area contributed by atoms with Gasteiger partial charge in [-0.2, -0.15) is 5.26 Å². The van der Waals surface area contributed by atoms with Crippen LogP contribution in [0, 0.1) is 16.7 Å². The maximum absolute atomic E-state index is 8.67. The van der Waals surface area contributed by atoms with Crippen LogP contribution in [0.3, 0.4) is 0 Å². The molecule has 84 valence electrons. The monoisotopic (exact) mass is 231 g/mol. The van der Waals surface area contributed by atoms with Gasteiger partial charge in [0.25, 0.3) is 0 Å². The number of hydrogen-bond donors (Lipinski definition) is 0. The summed E-state index contributed by atoms with van der Waals surface area (Å²) in [6, 6.07) is 9.87. The van der Waals surface area contributed by atoms with Crippen LogP contribution in [0.1, 0.15) is 31.9 Å². The fourth-order valence-corrected chi connectivity index (χ4v) is 2.06. The summed E-state index contributed by atoms with van der Waals surface area (Å²) in [6.07, 6.45) is 2.21. The van der Waals surface area contributed by atoms with Gasteiger partial charge >= 0.3 is 0 Å². The van der Waals surface area contributed by atoms with Gasteiger partial charge in [-0.05, 0) is 28.5 Å². The third-order valence-corrected chi connectivity index (χ3v) is 2.83. The molecule has 0 radical (unpaired) electrons. The van der Waals surface area contributed by atoms with Crippen LogP contribution in [0.25, 0.3) is 0 Å². The van der Waals surface area contributed by atoms with E-state index < -0.39 is 0 Å². The lowest BCUT2D eigenvalue weighted by Crippen LogP contribution is -1.97. The highest BCUT2D eigenvalue weighted by atomic mass is 32.2. The quantitative estimate of drug-likeness (QED) is 0.772. The second kappa shape index (κ2) is 5.77. The SMILES string of the molecule is CC(C)(C)/C=C/SCc1ccc(C#N)cc1. The maximum Gasteiger partial charge on any atom is 0.0991 e. The summed E-state index contributed by atoms with van der Waals surface area (Å²) >= 11 is 1.78. The van der Waals surface area contributed by atoms with E-state index >= 15 is 0 Å². The van der Waals surface area contributed by atoms with E-state index in [1.807, 2.05) is 24.3 Å². The lowest BCUT2D eigenvalue weighted by molar-refractivity contribution is 0.545. The molecule has 16 heavy (non-hydrogen) atoms. The van der Waals surface area contributed by atoms with E-state index in [-0.39, 0.29) is 5.41 Å². The molecule has 0 aliphatic carbocycles. The summed E-state index contributed by atoms with van der Waals surface area (Å²) in [5.41, 5.74) is 2.22. The molecule has 1 rings (SSSR count). The van der Waals surface area contributed by atoms with E-state index in [1.165, 1.54) is 5.56 Å². The van der Waals surface area contributed by atoms with Crippen molar-refractivity contribution in [2.24, 2.45) is 5.41 Å². The van der Waals surface area contributed by atoms with Gasteiger partial charge in [-0.25, -0.2) is 0 Å². The summed E-state index contributed by atoms with van der Waals surface area (Å²) in [7, 11) is 0. The zero-order valence-electron chi connectivity index (χ0n) is 10.0. The van der Waals surface area contributed by atoms with E-state index in [0.29, 0.717) is 0 Å². The molecule has 0 unspecified atom stereocenters. The van der Waals surface area contributed by atoms with Crippen LogP contribution in [0.15, 0.2) is 35.7 Å². The van der Waals surface area contributed by atoms with Gasteiger partial charge in [0.05, 0.1) is 11.6 Å². The third-order valence-electron chi connectivity index (χ3n) is 2.00. The Morgan fingerprint density at radius 3 is 2.38 bits per heavy atom. The van der Waals surface area contributed by atoms with Gasteiger partial charge in [0, 0.05) is 5.75 Å². The summed E-state index contributed by atoms with van der Waals surface area (Å²) in [4.78, 5) is 0. The zero-order chi connectivity index (χ0) is 12.0. The van der Waals surface area contributed by atoms with Crippen molar-refractivity contribution in [2.75, 3.05) is 0 Å². The van der Waals surface area contributed by atoms with Crippen molar-refractivity contribution in [3.63, 3.8) is 0 Å². The second-order valence-electron chi connectivity index (χ2n) is 4.79. The fourth-order valence-electron chi connectivity index (χ4n) is 1.07. The van der Waals surface area contributed by atoms with Crippen molar-refractivity contribution in [3.8, 4) is 6.07 Å². The number of benzene rings is 1. The molecule has 0 N–H and O–H groups in total. The fraction of sp³-hybridized carbons (Fsp3) is 0.357. The van der Waals surface area contributed by atoms with Gasteiger partial charge in [-0.15, -0.1) is 11.8 Å². The molecule has 1 nitrogen and oxygen atoms in total. The van der Waals surface area contributed by atoms with E-state index in [0.717, 1.165) is 11.3 Å². The predicted molar refractivity (Wildman–Crippen MR) is 71.0 cm³/mol. The van der Waals surface area contributed by atoms with Crippen LogP contribution >= 0.6 is 11.8 Å². The minimum atomic E-state index is 0.248. The number of hydrogen-bond acceptors (Lipinski definition) is 2. The average Bonchev–Trinajstić information content (AvgIpc) is 2.24. The largest absolute Gasteiger partial charge is 0.192 e. The molecule has 0 fully saturated rings. The Balaban J connectivity index is 2.44. The number of rotatable bonds is 3. The Morgan fingerprint density at radius 1 is 1.25 bits per heavy atom. The van der Waals surface area contributed by atoms with Crippen LogP contribution in [0.4, 0.5) is 0 Å². The minimum Gasteiger partial charge on any atom is -0.192 e. The van der Waals surface area contributed by atoms with Crippen LogP contribution in [-0.2, 0) is 5.75 Å². The third kappa shape index (κ3) is 5.04. The summed E-state index contributed by atoms with van der Waals surface area (Å²) in [6.45, 7) is 6.56. The smallest absolute Gasteiger partial charge is 0.0991 e. The molecule has 0 heterocycles. The molecule has 0 aromatic heterocycles.